The van der Waals surface area contributed by atoms with Crippen LogP contribution in [0, 0.1) is 0 Å². The first-order chi connectivity index (χ1) is 16.1. The van der Waals surface area contributed by atoms with E-state index in [1.165, 1.54) is 5.56 Å². The van der Waals surface area contributed by atoms with Crippen LogP contribution >= 0.6 is 11.8 Å². The van der Waals surface area contributed by atoms with E-state index in [-0.39, 0.29) is 17.2 Å². The SMILES string of the molecule is CCc1ccc(OCCNC(=O)c2ccc([C@H]3SCC(=O)N3Cc3ccccc3)cc2)cc1. The van der Waals surface area contributed by atoms with Gasteiger partial charge in [-0.25, -0.2) is 0 Å². The molecule has 33 heavy (non-hydrogen) atoms. The Hall–Kier alpha value is -3.25. The summed E-state index contributed by atoms with van der Waals surface area (Å²) >= 11 is 1.62. The summed E-state index contributed by atoms with van der Waals surface area (Å²) in [7, 11) is 0. The maximum Gasteiger partial charge on any atom is 0.251 e. The lowest BCUT2D eigenvalue weighted by Gasteiger charge is -2.24. The van der Waals surface area contributed by atoms with Crippen LogP contribution in [0.15, 0.2) is 78.9 Å². The lowest BCUT2D eigenvalue weighted by molar-refractivity contribution is -0.128. The molecule has 1 saturated heterocycles. The van der Waals surface area contributed by atoms with E-state index in [0.717, 1.165) is 23.3 Å². The van der Waals surface area contributed by atoms with Gasteiger partial charge in [0, 0.05) is 12.1 Å². The molecular formula is C27H28N2O3S. The van der Waals surface area contributed by atoms with Crippen molar-refractivity contribution in [3.8, 4) is 5.75 Å². The number of ether oxygens (including phenoxy) is 1. The third kappa shape index (κ3) is 5.96. The fourth-order valence-corrected chi connectivity index (χ4v) is 4.93. The summed E-state index contributed by atoms with van der Waals surface area (Å²) in [4.78, 5) is 26.8. The number of aryl methyl sites for hydroxylation is 1. The first-order valence-electron chi connectivity index (χ1n) is 11.2. The van der Waals surface area contributed by atoms with Crippen molar-refractivity contribution in [2.45, 2.75) is 25.3 Å². The maximum absolute atomic E-state index is 12.5. The second-order valence-corrected chi connectivity index (χ2v) is 8.96. The minimum Gasteiger partial charge on any atom is -0.492 e. The molecule has 1 aliphatic heterocycles. The van der Waals surface area contributed by atoms with E-state index < -0.39 is 0 Å². The molecule has 0 radical (unpaired) electrons. The highest BCUT2D eigenvalue weighted by Crippen LogP contribution is 2.39. The van der Waals surface area contributed by atoms with Crippen LogP contribution in [0.3, 0.4) is 0 Å². The number of rotatable bonds is 9. The van der Waals surface area contributed by atoms with E-state index in [9.17, 15) is 9.59 Å². The van der Waals surface area contributed by atoms with Crippen molar-refractivity contribution in [3.05, 3.63) is 101 Å². The zero-order chi connectivity index (χ0) is 23.0. The number of hydrogen-bond acceptors (Lipinski definition) is 4. The molecule has 4 rings (SSSR count). The Morgan fingerprint density at radius 2 is 1.73 bits per heavy atom. The second-order valence-electron chi connectivity index (χ2n) is 7.89. The molecule has 3 aromatic carbocycles. The summed E-state index contributed by atoms with van der Waals surface area (Å²) in [6, 6.07) is 25.5. The predicted octanol–water partition coefficient (Wildman–Crippen LogP) is 4.83. The summed E-state index contributed by atoms with van der Waals surface area (Å²) in [5.41, 5.74) is 3.99. The highest BCUT2D eigenvalue weighted by Gasteiger charge is 2.32. The van der Waals surface area contributed by atoms with E-state index in [4.69, 9.17) is 4.74 Å². The molecular weight excluding hydrogens is 432 g/mol. The molecule has 0 aliphatic carbocycles. The Kier molecular flexibility index (Phi) is 7.68. The van der Waals surface area contributed by atoms with E-state index in [1.54, 1.807) is 11.8 Å². The molecule has 0 aromatic heterocycles. The van der Waals surface area contributed by atoms with Crippen LogP contribution in [-0.2, 0) is 17.8 Å². The Morgan fingerprint density at radius 3 is 2.42 bits per heavy atom. The van der Waals surface area contributed by atoms with Crippen molar-refractivity contribution in [1.29, 1.82) is 0 Å². The van der Waals surface area contributed by atoms with Crippen molar-refractivity contribution >= 4 is 23.6 Å². The smallest absolute Gasteiger partial charge is 0.251 e. The van der Waals surface area contributed by atoms with Crippen LogP contribution in [0.25, 0.3) is 0 Å². The number of carbonyl (C=O) groups is 2. The monoisotopic (exact) mass is 460 g/mol. The Labute approximate surface area is 199 Å². The number of hydrogen-bond donors (Lipinski definition) is 1. The molecule has 1 atom stereocenters. The number of nitrogens with zero attached hydrogens (tertiary/aromatic N) is 1. The Bertz CT molecular complexity index is 1070. The number of amides is 2. The molecule has 170 valence electrons. The van der Waals surface area contributed by atoms with Crippen LogP contribution < -0.4 is 10.1 Å². The van der Waals surface area contributed by atoms with Crippen LogP contribution in [0.1, 0.15) is 39.3 Å². The zero-order valence-corrected chi connectivity index (χ0v) is 19.5. The number of nitrogens with one attached hydrogen (secondary N) is 1. The zero-order valence-electron chi connectivity index (χ0n) is 18.7. The number of carbonyl (C=O) groups excluding carboxylic acids is 2. The normalized spacial score (nSPS) is 15.5. The molecule has 1 heterocycles. The van der Waals surface area contributed by atoms with Gasteiger partial charge in [0.2, 0.25) is 5.91 Å². The fraction of sp³-hybridized carbons (Fsp3) is 0.259. The topological polar surface area (TPSA) is 58.6 Å². The number of thioether (sulfide) groups is 1. The van der Waals surface area contributed by atoms with Crippen molar-refractivity contribution in [1.82, 2.24) is 10.2 Å². The van der Waals surface area contributed by atoms with Crippen LogP contribution in [0.5, 0.6) is 5.75 Å². The summed E-state index contributed by atoms with van der Waals surface area (Å²) in [5.74, 6) is 1.28. The fourth-order valence-electron chi connectivity index (χ4n) is 3.74. The van der Waals surface area contributed by atoms with Crippen LogP contribution in [0.4, 0.5) is 0 Å². The van der Waals surface area contributed by atoms with Gasteiger partial charge in [0.15, 0.2) is 0 Å². The average molecular weight is 461 g/mol. The van der Waals surface area contributed by atoms with E-state index in [2.05, 4.69) is 12.2 Å². The van der Waals surface area contributed by atoms with Crippen molar-refractivity contribution in [2.24, 2.45) is 0 Å². The minimum atomic E-state index is -0.136. The van der Waals surface area contributed by atoms with Gasteiger partial charge < -0.3 is 15.0 Å². The van der Waals surface area contributed by atoms with Gasteiger partial charge in [-0.15, -0.1) is 11.8 Å². The van der Waals surface area contributed by atoms with Gasteiger partial charge in [-0.1, -0.05) is 61.5 Å². The average Bonchev–Trinajstić information content (AvgIpc) is 3.22. The second kappa shape index (κ2) is 11.1. The van der Waals surface area contributed by atoms with Crippen LogP contribution in [0.2, 0.25) is 0 Å². The van der Waals surface area contributed by atoms with Gasteiger partial charge in [-0.05, 0) is 47.4 Å². The van der Waals surface area contributed by atoms with E-state index in [0.29, 0.717) is 31.0 Å². The van der Waals surface area contributed by atoms with Crippen molar-refractivity contribution < 1.29 is 14.3 Å². The van der Waals surface area contributed by atoms with Gasteiger partial charge in [0.1, 0.15) is 17.7 Å². The van der Waals surface area contributed by atoms with Gasteiger partial charge in [0.25, 0.3) is 5.91 Å². The summed E-state index contributed by atoms with van der Waals surface area (Å²) < 4.78 is 5.69. The predicted molar refractivity (Wildman–Crippen MR) is 132 cm³/mol. The molecule has 0 saturated carbocycles. The molecule has 6 heteroatoms. The minimum absolute atomic E-state index is 0.0395. The highest BCUT2D eigenvalue weighted by atomic mass is 32.2. The van der Waals surface area contributed by atoms with E-state index >= 15 is 0 Å². The van der Waals surface area contributed by atoms with Gasteiger partial charge >= 0.3 is 0 Å². The van der Waals surface area contributed by atoms with Gasteiger partial charge in [-0.3, -0.25) is 9.59 Å². The molecule has 2 amide bonds. The lowest BCUT2D eigenvalue weighted by Crippen LogP contribution is -2.28. The molecule has 1 N–H and O–H groups in total. The van der Waals surface area contributed by atoms with Crippen molar-refractivity contribution in [3.63, 3.8) is 0 Å². The highest BCUT2D eigenvalue weighted by molar-refractivity contribution is 8.00. The van der Waals surface area contributed by atoms with Gasteiger partial charge in [-0.2, -0.15) is 0 Å². The Morgan fingerprint density at radius 1 is 1.00 bits per heavy atom. The summed E-state index contributed by atoms with van der Waals surface area (Å²) in [5, 5.41) is 2.86. The number of benzene rings is 3. The third-order valence-electron chi connectivity index (χ3n) is 5.61. The molecule has 0 bridgehead atoms. The van der Waals surface area contributed by atoms with Gasteiger partial charge in [0.05, 0.1) is 12.3 Å². The summed E-state index contributed by atoms with van der Waals surface area (Å²) in [6.45, 7) is 3.53. The molecule has 3 aromatic rings. The molecule has 0 spiro atoms. The third-order valence-corrected chi connectivity index (χ3v) is 6.87. The molecule has 1 fully saturated rings. The Balaban J connectivity index is 1.29. The van der Waals surface area contributed by atoms with Crippen LogP contribution in [-0.4, -0.2) is 35.6 Å². The molecule has 5 nitrogen and oxygen atoms in total. The lowest BCUT2D eigenvalue weighted by atomic mass is 10.1. The first-order valence-corrected chi connectivity index (χ1v) is 12.2. The van der Waals surface area contributed by atoms with E-state index in [1.807, 2.05) is 83.8 Å². The maximum atomic E-state index is 12.5. The standard InChI is InChI=1S/C27H28N2O3S/c1-2-20-8-14-24(15-9-20)32-17-16-28-26(31)22-10-12-23(13-11-22)27-29(25(30)19-33-27)18-21-6-4-3-5-7-21/h3-15,27H,2,16-19H2,1H3,(H,28,31)/t27-/m1/s1. The van der Waals surface area contributed by atoms with Crippen molar-refractivity contribution in [2.75, 3.05) is 18.9 Å². The molecule has 0 unspecified atom stereocenters. The quantitative estimate of drug-likeness (QED) is 0.465. The first kappa shape index (κ1) is 22.9. The molecule has 1 aliphatic rings. The summed E-state index contributed by atoms with van der Waals surface area (Å²) in [6.07, 6.45) is 0.996. The largest absolute Gasteiger partial charge is 0.492 e.